The predicted molar refractivity (Wildman–Crippen MR) is 73.0 cm³/mol. The summed E-state index contributed by atoms with van der Waals surface area (Å²) in [6.45, 7) is 0. The third-order valence-corrected chi connectivity index (χ3v) is 4.31. The Balaban J connectivity index is 2.06. The molecule has 20 heavy (non-hydrogen) atoms. The van der Waals surface area contributed by atoms with Gasteiger partial charge in [0.05, 0.1) is 12.8 Å². The highest BCUT2D eigenvalue weighted by atomic mass is 32.1. The molecule has 1 N–H and O–H groups in total. The van der Waals surface area contributed by atoms with Gasteiger partial charge in [-0.1, -0.05) is 0 Å². The Morgan fingerprint density at radius 2 is 2.25 bits per heavy atom. The Labute approximate surface area is 118 Å². The minimum absolute atomic E-state index is 0.215. The van der Waals surface area contributed by atoms with Gasteiger partial charge in [-0.2, -0.15) is 0 Å². The number of hydrogen-bond donors (Lipinski definition) is 1. The number of carboxylic acid groups (broad SMARTS) is 1. The molecule has 1 aromatic heterocycles. The van der Waals surface area contributed by atoms with Gasteiger partial charge in [0, 0.05) is 17.5 Å². The van der Waals surface area contributed by atoms with E-state index in [9.17, 15) is 14.3 Å². The van der Waals surface area contributed by atoms with Crippen molar-refractivity contribution in [2.24, 2.45) is 0 Å². The molecule has 1 aliphatic carbocycles. The number of rotatable bonds is 4. The van der Waals surface area contributed by atoms with Crippen LogP contribution in [0.4, 0.5) is 4.39 Å². The third kappa shape index (κ3) is 2.27. The second-order valence-corrected chi connectivity index (χ2v) is 5.66. The van der Waals surface area contributed by atoms with Crippen LogP contribution in [-0.4, -0.2) is 23.2 Å². The normalized spacial score (nSPS) is 14.3. The lowest BCUT2D eigenvalue weighted by atomic mass is 10.2. The fourth-order valence-corrected chi connectivity index (χ4v) is 3.05. The lowest BCUT2D eigenvalue weighted by Crippen LogP contribution is -1.97. The second kappa shape index (κ2) is 4.86. The maximum atomic E-state index is 14.0. The maximum Gasteiger partial charge on any atom is 0.347 e. The number of carbonyl (C=O) groups is 1. The van der Waals surface area contributed by atoms with Crippen LogP contribution in [-0.2, 0) is 0 Å². The molecule has 2 aromatic rings. The van der Waals surface area contributed by atoms with Crippen LogP contribution < -0.4 is 4.74 Å². The van der Waals surface area contributed by atoms with E-state index in [1.54, 1.807) is 12.1 Å². The summed E-state index contributed by atoms with van der Waals surface area (Å²) in [7, 11) is 1.46. The molecule has 0 bridgehead atoms. The van der Waals surface area contributed by atoms with Gasteiger partial charge in [-0.15, -0.1) is 11.3 Å². The number of aromatic nitrogens is 1. The van der Waals surface area contributed by atoms with E-state index >= 15 is 0 Å². The van der Waals surface area contributed by atoms with Gasteiger partial charge in [0.1, 0.15) is 21.5 Å². The average molecular weight is 293 g/mol. The van der Waals surface area contributed by atoms with Crippen LogP contribution in [0.25, 0.3) is 10.6 Å². The summed E-state index contributed by atoms with van der Waals surface area (Å²) in [4.78, 5) is 15.8. The van der Waals surface area contributed by atoms with Crippen LogP contribution in [0.1, 0.15) is 34.1 Å². The molecule has 0 spiro atoms. The number of aromatic carboxylic acids is 1. The van der Waals surface area contributed by atoms with Crippen LogP contribution in [0.2, 0.25) is 0 Å². The molecule has 1 heterocycles. The van der Waals surface area contributed by atoms with Crippen LogP contribution in [0.5, 0.6) is 5.75 Å². The van der Waals surface area contributed by atoms with Crippen molar-refractivity contribution in [1.82, 2.24) is 4.98 Å². The first-order valence-electron chi connectivity index (χ1n) is 6.18. The van der Waals surface area contributed by atoms with Crippen molar-refractivity contribution < 1.29 is 19.0 Å². The number of nitrogens with zero attached hydrogens (tertiary/aromatic N) is 1. The van der Waals surface area contributed by atoms with Crippen LogP contribution in [0.3, 0.4) is 0 Å². The van der Waals surface area contributed by atoms with Crippen molar-refractivity contribution in [3.63, 3.8) is 0 Å². The molecule has 6 heteroatoms. The van der Waals surface area contributed by atoms with E-state index in [0.717, 1.165) is 24.2 Å². The molecule has 1 aromatic carbocycles. The second-order valence-electron chi connectivity index (χ2n) is 4.66. The highest BCUT2D eigenvalue weighted by molar-refractivity contribution is 7.17. The Bertz CT molecular complexity index is 679. The Hall–Kier alpha value is -1.95. The minimum Gasteiger partial charge on any atom is -0.497 e. The summed E-state index contributed by atoms with van der Waals surface area (Å²) < 4.78 is 19.0. The zero-order valence-corrected chi connectivity index (χ0v) is 11.5. The summed E-state index contributed by atoms with van der Waals surface area (Å²) in [5, 5.41) is 9.62. The quantitative estimate of drug-likeness (QED) is 0.936. The van der Waals surface area contributed by atoms with Crippen molar-refractivity contribution >= 4 is 17.3 Å². The summed E-state index contributed by atoms with van der Waals surface area (Å²) in [5.41, 5.74) is 0.901. The van der Waals surface area contributed by atoms with E-state index < -0.39 is 11.8 Å². The topological polar surface area (TPSA) is 59.4 Å². The number of hydrogen-bond acceptors (Lipinski definition) is 4. The van der Waals surface area contributed by atoms with Crippen molar-refractivity contribution in [3.8, 4) is 16.3 Å². The monoisotopic (exact) mass is 293 g/mol. The summed E-state index contributed by atoms with van der Waals surface area (Å²) in [5.74, 6) is -0.821. The van der Waals surface area contributed by atoms with Crippen LogP contribution >= 0.6 is 11.3 Å². The molecule has 3 rings (SSSR count). The molecule has 0 radical (unpaired) electrons. The first-order valence-corrected chi connectivity index (χ1v) is 6.99. The van der Waals surface area contributed by atoms with E-state index in [-0.39, 0.29) is 10.8 Å². The van der Waals surface area contributed by atoms with Crippen molar-refractivity contribution in [2.75, 3.05) is 7.11 Å². The van der Waals surface area contributed by atoms with E-state index in [2.05, 4.69) is 4.98 Å². The number of benzene rings is 1. The fraction of sp³-hybridized carbons (Fsp3) is 0.286. The van der Waals surface area contributed by atoms with Gasteiger partial charge in [0.25, 0.3) is 0 Å². The highest BCUT2D eigenvalue weighted by Gasteiger charge is 2.32. The number of carboxylic acids is 1. The zero-order chi connectivity index (χ0) is 14.3. The fourth-order valence-electron chi connectivity index (χ4n) is 2.03. The van der Waals surface area contributed by atoms with Gasteiger partial charge in [-0.05, 0) is 25.0 Å². The molecule has 0 amide bonds. The first-order chi connectivity index (χ1) is 9.60. The van der Waals surface area contributed by atoms with E-state index in [4.69, 9.17) is 4.74 Å². The molecule has 104 valence electrons. The average Bonchev–Trinajstić information content (AvgIpc) is 3.17. The Morgan fingerprint density at radius 1 is 1.50 bits per heavy atom. The van der Waals surface area contributed by atoms with Crippen molar-refractivity contribution in [1.29, 1.82) is 0 Å². The van der Waals surface area contributed by atoms with Crippen molar-refractivity contribution in [2.45, 2.75) is 18.8 Å². The third-order valence-electron chi connectivity index (χ3n) is 3.22. The van der Waals surface area contributed by atoms with Gasteiger partial charge in [-0.25, -0.2) is 14.2 Å². The SMILES string of the molecule is COc1ccc(-c2nc(C3CC3)c(C(=O)O)s2)c(F)c1. The van der Waals surface area contributed by atoms with Gasteiger partial charge in [-0.3, -0.25) is 0 Å². The van der Waals surface area contributed by atoms with Gasteiger partial charge >= 0.3 is 5.97 Å². The lowest BCUT2D eigenvalue weighted by Gasteiger charge is -2.02. The lowest BCUT2D eigenvalue weighted by molar-refractivity contribution is 0.0700. The highest BCUT2D eigenvalue weighted by Crippen LogP contribution is 2.44. The van der Waals surface area contributed by atoms with E-state index in [0.29, 0.717) is 22.0 Å². The molecule has 1 saturated carbocycles. The molecule has 0 aliphatic heterocycles. The number of halogens is 1. The van der Waals surface area contributed by atoms with E-state index in [1.807, 2.05) is 0 Å². The Morgan fingerprint density at radius 3 is 2.80 bits per heavy atom. The smallest absolute Gasteiger partial charge is 0.347 e. The molecule has 4 nitrogen and oxygen atoms in total. The molecular formula is C14H12FNO3S. The first kappa shape index (κ1) is 13.1. The summed E-state index contributed by atoms with van der Waals surface area (Å²) >= 11 is 1.03. The number of ether oxygens (including phenoxy) is 1. The van der Waals surface area contributed by atoms with E-state index in [1.165, 1.54) is 13.2 Å². The number of thiazole rings is 1. The minimum atomic E-state index is -0.996. The van der Waals surface area contributed by atoms with Crippen molar-refractivity contribution in [3.05, 3.63) is 34.6 Å². The summed E-state index contributed by atoms with van der Waals surface area (Å²) in [6, 6.07) is 4.47. The van der Waals surface area contributed by atoms with Gasteiger partial charge < -0.3 is 9.84 Å². The van der Waals surface area contributed by atoms with Crippen LogP contribution in [0.15, 0.2) is 18.2 Å². The molecule has 1 aliphatic rings. The molecule has 0 unspecified atom stereocenters. The predicted octanol–water partition coefficient (Wildman–Crippen LogP) is 3.53. The largest absolute Gasteiger partial charge is 0.497 e. The maximum absolute atomic E-state index is 14.0. The zero-order valence-electron chi connectivity index (χ0n) is 10.7. The molecular weight excluding hydrogens is 281 g/mol. The molecule has 0 saturated heterocycles. The number of methoxy groups -OCH3 is 1. The summed E-state index contributed by atoms with van der Waals surface area (Å²) in [6.07, 6.45) is 1.91. The van der Waals surface area contributed by atoms with Gasteiger partial charge in [0.15, 0.2) is 0 Å². The molecule has 1 fully saturated rings. The Kier molecular flexibility index (Phi) is 3.17. The standard InChI is InChI=1S/C14H12FNO3S/c1-19-8-4-5-9(10(15)6-8)13-16-11(7-2-3-7)12(20-13)14(17)18/h4-7H,2-3H2,1H3,(H,17,18). The van der Waals surface area contributed by atoms with Gasteiger partial charge in [0.2, 0.25) is 0 Å². The van der Waals surface area contributed by atoms with Crippen LogP contribution in [0, 0.1) is 5.82 Å². The molecule has 0 atom stereocenters.